The number of nitrogens with zero attached hydrogens (tertiary/aromatic N) is 6. The van der Waals surface area contributed by atoms with Crippen LogP contribution in [0.3, 0.4) is 0 Å². The van der Waals surface area contributed by atoms with Gasteiger partial charge in [0.05, 0.1) is 0 Å². The molecule has 2 atom stereocenters. The molecule has 2 unspecified atom stereocenters. The van der Waals surface area contributed by atoms with E-state index in [9.17, 15) is 20.4 Å². The number of aliphatic hydroxyl groups is 4. The Morgan fingerprint density at radius 2 is 0.903 bits per heavy atom. The Bertz CT molecular complexity index is 785. The Hall–Kier alpha value is -2.94. The van der Waals surface area contributed by atoms with Crippen LogP contribution in [0.25, 0.3) is 0 Å². The largest absolute Gasteiger partial charge is 0.376 e. The first-order valence-corrected chi connectivity index (χ1v) is 10.1. The third-order valence-corrected chi connectivity index (χ3v) is 5.73. The Morgan fingerprint density at radius 3 is 1.19 bits per heavy atom. The molecule has 8 N–H and O–H groups in total. The van der Waals surface area contributed by atoms with Gasteiger partial charge in [0.2, 0.25) is 23.8 Å². The summed E-state index contributed by atoms with van der Waals surface area (Å²) in [6.07, 6.45) is 2.80. The number of fused-ring (bicyclic) bond motifs is 2. The molecule has 0 amide bonds. The maximum absolute atomic E-state index is 9.18. The Labute approximate surface area is 177 Å². The van der Waals surface area contributed by atoms with Crippen LogP contribution in [0, 0.1) is 11.8 Å². The van der Waals surface area contributed by atoms with Crippen molar-refractivity contribution in [1.82, 2.24) is 29.9 Å². The highest BCUT2D eigenvalue weighted by Crippen LogP contribution is 2.58. The molecule has 0 spiro atoms. The molecule has 2 fully saturated rings. The van der Waals surface area contributed by atoms with Crippen LogP contribution in [-0.4, -0.2) is 77.3 Å². The molecule has 14 nitrogen and oxygen atoms in total. The average Bonchev–Trinajstić information content (AvgIpc) is 3.36. The van der Waals surface area contributed by atoms with Gasteiger partial charge in [-0.1, -0.05) is 0 Å². The lowest BCUT2D eigenvalue weighted by Gasteiger charge is -2.28. The fourth-order valence-corrected chi connectivity index (χ4v) is 4.66. The number of aromatic nitrogens is 6. The van der Waals surface area contributed by atoms with E-state index in [4.69, 9.17) is 0 Å². The minimum atomic E-state index is -0.326. The van der Waals surface area contributed by atoms with Gasteiger partial charge in [-0.25, -0.2) is 0 Å². The first-order valence-electron chi connectivity index (χ1n) is 10.1. The van der Waals surface area contributed by atoms with E-state index < -0.39 is 0 Å². The van der Waals surface area contributed by atoms with Gasteiger partial charge in [0, 0.05) is 11.8 Å². The SMILES string of the molecule is OCNc1nc(NCO)nc(C2CC3CC(c4nc(NCO)nc(NCO)n4)C2C3)n1. The van der Waals surface area contributed by atoms with Gasteiger partial charge in [-0.3, -0.25) is 0 Å². The van der Waals surface area contributed by atoms with Gasteiger partial charge in [0.25, 0.3) is 0 Å². The Balaban J connectivity index is 1.64. The quantitative estimate of drug-likeness (QED) is 0.207. The van der Waals surface area contributed by atoms with Crippen LogP contribution in [-0.2, 0) is 0 Å². The highest BCUT2D eigenvalue weighted by Gasteiger charge is 2.49. The Morgan fingerprint density at radius 1 is 0.548 bits per heavy atom. The van der Waals surface area contributed by atoms with E-state index >= 15 is 0 Å². The molecular weight excluding hydrogens is 408 g/mol. The van der Waals surface area contributed by atoms with Gasteiger partial charge >= 0.3 is 0 Å². The summed E-state index contributed by atoms with van der Waals surface area (Å²) in [4.78, 5) is 26.1. The van der Waals surface area contributed by atoms with Crippen molar-refractivity contribution in [3.05, 3.63) is 11.6 Å². The Kier molecular flexibility index (Phi) is 6.50. The second kappa shape index (κ2) is 9.47. The molecule has 0 aliphatic heterocycles. The standard InChI is InChI=1S/C17H26N10O4/c28-4-18-14-22-12(23-15(26-14)19-5-29)10-2-8-1-9(10)11(3-8)13-24-16(20-6-30)27-17(25-13)21-7-31/h8-11,28-31H,1-7H2,(H2,18,19,22,23,26)(H2,20,21,24,25,27). The van der Waals surface area contributed by atoms with Gasteiger partial charge in [-0.15, -0.1) is 0 Å². The van der Waals surface area contributed by atoms with E-state index in [1.54, 1.807) is 0 Å². The molecule has 2 bridgehead atoms. The van der Waals surface area contributed by atoms with Crippen molar-refractivity contribution >= 4 is 23.8 Å². The van der Waals surface area contributed by atoms with Crippen LogP contribution in [0.5, 0.6) is 0 Å². The summed E-state index contributed by atoms with van der Waals surface area (Å²) in [6.45, 7) is -1.30. The average molecular weight is 434 g/mol. The lowest BCUT2D eigenvalue weighted by atomic mass is 9.79. The molecular formula is C17H26N10O4. The van der Waals surface area contributed by atoms with Crippen molar-refractivity contribution in [1.29, 1.82) is 0 Å². The number of hydrogen-bond donors (Lipinski definition) is 8. The molecule has 0 aromatic carbocycles. The monoisotopic (exact) mass is 434 g/mol. The zero-order valence-corrected chi connectivity index (χ0v) is 16.7. The van der Waals surface area contributed by atoms with E-state index in [2.05, 4.69) is 51.2 Å². The molecule has 2 aromatic rings. The van der Waals surface area contributed by atoms with Crippen LogP contribution in [0.4, 0.5) is 23.8 Å². The number of nitrogens with one attached hydrogen (secondary N) is 4. The number of anilines is 4. The van der Waals surface area contributed by atoms with Crippen LogP contribution in [0.2, 0.25) is 0 Å². The molecule has 2 aliphatic carbocycles. The molecule has 0 saturated heterocycles. The second-order valence-corrected chi connectivity index (χ2v) is 7.47. The minimum Gasteiger partial charge on any atom is -0.376 e. The molecule has 14 heteroatoms. The maximum Gasteiger partial charge on any atom is 0.229 e. The van der Waals surface area contributed by atoms with E-state index in [0.29, 0.717) is 17.6 Å². The maximum atomic E-state index is 9.18. The first kappa shape index (κ1) is 21.3. The van der Waals surface area contributed by atoms with Crippen LogP contribution in [0.1, 0.15) is 42.7 Å². The smallest absolute Gasteiger partial charge is 0.229 e. The number of aliphatic hydroxyl groups excluding tert-OH is 4. The topological polar surface area (TPSA) is 206 Å². The predicted octanol–water partition coefficient (Wildman–Crippen LogP) is -1.20. The van der Waals surface area contributed by atoms with Gasteiger partial charge < -0.3 is 41.7 Å². The summed E-state index contributed by atoms with van der Waals surface area (Å²) in [5, 5.41) is 47.4. The summed E-state index contributed by atoms with van der Waals surface area (Å²) in [6, 6.07) is 0. The summed E-state index contributed by atoms with van der Waals surface area (Å²) < 4.78 is 0. The number of rotatable bonds is 10. The fourth-order valence-electron chi connectivity index (χ4n) is 4.66. The highest BCUT2D eigenvalue weighted by molar-refractivity contribution is 5.37. The van der Waals surface area contributed by atoms with Crippen LogP contribution in [0.15, 0.2) is 0 Å². The first-order chi connectivity index (χ1) is 15.1. The van der Waals surface area contributed by atoms with Crippen molar-refractivity contribution in [2.75, 3.05) is 48.2 Å². The predicted molar refractivity (Wildman–Crippen MR) is 109 cm³/mol. The third kappa shape index (κ3) is 4.56. The molecule has 2 saturated carbocycles. The third-order valence-electron chi connectivity index (χ3n) is 5.73. The molecule has 2 heterocycles. The van der Waals surface area contributed by atoms with Crippen molar-refractivity contribution < 1.29 is 20.4 Å². The molecule has 4 rings (SSSR count). The molecule has 168 valence electrons. The van der Waals surface area contributed by atoms with Crippen molar-refractivity contribution in [2.45, 2.75) is 31.1 Å². The van der Waals surface area contributed by atoms with Gasteiger partial charge in [0.15, 0.2) is 0 Å². The highest BCUT2D eigenvalue weighted by atomic mass is 16.3. The number of hydrogen-bond acceptors (Lipinski definition) is 14. The molecule has 2 aliphatic rings. The zero-order valence-electron chi connectivity index (χ0n) is 16.7. The summed E-state index contributed by atoms with van der Waals surface area (Å²) in [5.41, 5.74) is 0. The summed E-state index contributed by atoms with van der Waals surface area (Å²) >= 11 is 0. The minimum absolute atomic E-state index is 0.0329. The molecule has 2 aromatic heterocycles. The van der Waals surface area contributed by atoms with E-state index in [1.807, 2.05) is 0 Å². The van der Waals surface area contributed by atoms with Gasteiger partial charge in [0.1, 0.15) is 38.6 Å². The summed E-state index contributed by atoms with van der Waals surface area (Å²) in [5.74, 6) is 2.78. The molecule has 0 radical (unpaired) electrons. The normalized spacial score (nSPS) is 24.3. The van der Waals surface area contributed by atoms with Crippen LogP contribution < -0.4 is 21.3 Å². The summed E-state index contributed by atoms with van der Waals surface area (Å²) in [7, 11) is 0. The van der Waals surface area contributed by atoms with Crippen molar-refractivity contribution in [2.24, 2.45) is 11.8 Å². The van der Waals surface area contributed by atoms with E-state index in [0.717, 1.165) is 19.3 Å². The van der Waals surface area contributed by atoms with Gasteiger partial charge in [-0.2, -0.15) is 29.9 Å². The van der Waals surface area contributed by atoms with Crippen molar-refractivity contribution in [3.8, 4) is 0 Å². The van der Waals surface area contributed by atoms with Crippen molar-refractivity contribution in [3.63, 3.8) is 0 Å². The lowest BCUT2D eigenvalue weighted by molar-refractivity contribution is 0.321. The van der Waals surface area contributed by atoms with Crippen LogP contribution >= 0.6 is 0 Å². The second-order valence-electron chi connectivity index (χ2n) is 7.47. The van der Waals surface area contributed by atoms with E-state index in [-0.39, 0.29) is 68.5 Å². The fraction of sp³-hybridized carbons (Fsp3) is 0.647. The van der Waals surface area contributed by atoms with Gasteiger partial charge in [-0.05, 0) is 31.1 Å². The lowest BCUT2D eigenvalue weighted by Crippen LogP contribution is -2.23. The van der Waals surface area contributed by atoms with E-state index in [1.165, 1.54) is 0 Å². The molecule has 31 heavy (non-hydrogen) atoms. The zero-order chi connectivity index (χ0) is 21.8.